The summed E-state index contributed by atoms with van der Waals surface area (Å²) in [6.07, 6.45) is 8.04. The van der Waals surface area contributed by atoms with Crippen molar-refractivity contribution in [1.29, 1.82) is 0 Å². The standard InChI is InChI=1S/C10H8N4OS/c15-6-9-4-13(7-11-9)3-8-5-14-1-2-16-10(14)12-8/h1-2,4-7H,3H2. The number of carbonyl (C=O) groups excluding carboxylic acids is 1. The van der Waals surface area contributed by atoms with Crippen molar-refractivity contribution in [3.63, 3.8) is 0 Å². The number of thiazole rings is 1. The lowest BCUT2D eigenvalue weighted by molar-refractivity contribution is 0.111. The SMILES string of the molecule is O=Cc1cn(Cc2cn3ccsc3n2)cn1. The highest BCUT2D eigenvalue weighted by Gasteiger charge is 2.04. The van der Waals surface area contributed by atoms with Crippen LogP contribution in [0.1, 0.15) is 16.2 Å². The van der Waals surface area contributed by atoms with E-state index in [-0.39, 0.29) is 0 Å². The van der Waals surface area contributed by atoms with Crippen LogP contribution in [-0.4, -0.2) is 25.2 Å². The molecule has 0 radical (unpaired) electrons. The molecular formula is C10H8N4OS. The summed E-state index contributed by atoms with van der Waals surface area (Å²) >= 11 is 1.60. The Morgan fingerprint density at radius 3 is 3.12 bits per heavy atom. The van der Waals surface area contributed by atoms with Crippen molar-refractivity contribution in [2.75, 3.05) is 0 Å². The summed E-state index contributed by atoms with van der Waals surface area (Å²) in [5, 5.41) is 1.99. The number of hydrogen-bond donors (Lipinski definition) is 0. The number of aromatic nitrogens is 4. The maximum atomic E-state index is 10.5. The molecule has 0 spiro atoms. The van der Waals surface area contributed by atoms with Crippen LogP contribution in [0.15, 0.2) is 30.3 Å². The topological polar surface area (TPSA) is 52.2 Å². The lowest BCUT2D eigenvalue weighted by Crippen LogP contribution is -1.96. The van der Waals surface area contributed by atoms with Crippen molar-refractivity contribution >= 4 is 22.6 Å². The highest BCUT2D eigenvalue weighted by Crippen LogP contribution is 2.12. The summed E-state index contributed by atoms with van der Waals surface area (Å²) in [5.74, 6) is 0. The summed E-state index contributed by atoms with van der Waals surface area (Å²) in [4.78, 5) is 19.8. The first-order valence-corrected chi connectivity index (χ1v) is 5.61. The van der Waals surface area contributed by atoms with Crippen molar-refractivity contribution in [2.24, 2.45) is 0 Å². The molecule has 5 nitrogen and oxygen atoms in total. The quantitative estimate of drug-likeness (QED) is 0.642. The molecule has 0 aromatic carbocycles. The Bertz CT molecular complexity index is 607. The van der Waals surface area contributed by atoms with E-state index in [4.69, 9.17) is 0 Å². The van der Waals surface area contributed by atoms with Crippen molar-refractivity contribution in [2.45, 2.75) is 6.54 Å². The second-order valence-electron chi connectivity index (χ2n) is 3.41. The molecule has 3 aromatic heterocycles. The molecule has 0 aliphatic carbocycles. The Hall–Kier alpha value is -1.95. The van der Waals surface area contributed by atoms with Crippen molar-refractivity contribution in [3.8, 4) is 0 Å². The molecule has 16 heavy (non-hydrogen) atoms. The molecule has 3 rings (SSSR count). The molecule has 0 bridgehead atoms. The lowest BCUT2D eigenvalue weighted by Gasteiger charge is -1.95. The average molecular weight is 232 g/mol. The fourth-order valence-corrected chi connectivity index (χ4v) is 2.28. The second kappa shape index (κ2) is 3.57. The largest absolute Gasteiger partial charge is 0.331 e. The van der Waals surface area contributed by atoms with Gasteiger partial charge in [-0.25, -0.2) is 9.97 Å². The highest BCUT2D eigenvalue weighted by molar-refractivity contribution is 7.15. The van der Waals surface area contributed by atoms with Gasteiger partial charge >= 0.3 is 0 Å². The van der Waals surface area contributed by atoms with E-state index in [9.17, 15) is 4.79 Å². The van der Waals surface area contributed by atoms with Crippen LogP contribution in [0, 0.1) is 0 Å². The zero-order chi connectivity index (χ0) is 11.0. The molecule has 0 amide bonds. The molecule has 0 aliphatic heterocycles. The van der Waals surface area contributed by atoms with E-state index in [1.54, 1.807) is 23.9 Å². The number of imidazole rings is 2. The van der Waals surface area contributed by atoms with E-state index < -0.39 is 0 Å². The third-order valence-electron chi connectivity index (χ3n) is 2.26. The molecule has 3 aromatic rings. The molecule has 0 saturated heterocycles. The summed E-state index contributed by atoms with van der Waals surface area (Å²) in [7, 11) is 0. The van der Waals surface area contributed by atoms with Crippen LogP contribution in [0.5, 0.6) is 0 Å². The van der Waals surface area contributed by atoms with E-state index in [2.05, 4.69) is 9.97 Å². The van der Waals surface area contributed by atoms with Gasteiger partial charge < -0.3 is 4.57 Å². The monoisotopic (exact) mass is 232 g/mol. The fourth-order valence-electron chi connectivity index (χ4n) is 1.56. The minimum absolute atomic E-state index is 0.445. The minimum Gasteiger partial charge on any atom is -0.331 e. The zero-order valence-electron chi connectivity index (χ0n) is 8.28. The van der Waals surface area contributed by atoms with Crippen LogP contribution in [0.3, 0.4) is 0 Å². The van der Waals surface area contributed by atoms with Crippen molar-refractivity contribution in [1.82, 2.24) is 18.9 Å². The van der Waals surface area contributed by atoms with Gasteiger partial charge in [-0.1, -0.05) is 0 Å². The number of nitrogens with zero attached hydrogens (tertiary/aromatic N) is 4. The van der Waals surface area contributed by atoms with Crippen LogP contribution in [0.4, 0.5) is 0 Å². The Labute approximate surface area is 95.0 Å². The Kier molecular flexibility index (Phi) is 2.07. The molecule has 0 N–H and O–H groups in total. The maximum absolute atomic E-state index is 10.5. The number of carbonyl (C=O) groups is 1. The number of hydrogen-bond acceptors (Lipinski definition) is 4. The van der Waals surface area contributed by atoms with Crippen LogP contribution < -0.4 is 0 Å². The molecular weight excluding hydrogens is 224 g/mol. The minimum atomic E-state index is 0.445. The van der Waals surface area contributed by atoms with Gasteiger partial charge in [-0.15, -0.1) is 11.3 Å². The third kappa shape index (κ3) is 1.53. The van der Waals surface area contributed by atoms with E-state index >= 15 is 0 Å². The highest BCUT2D eigenvalue weighted by atomic mass is 32.1. The Morgan fingerprint density at radius 1 is 1.44 bits per heavy atom. The predicted molar refractivity (Wildman–Crippen MR) is 59.8 cm³/mol. The summed E-state index contributed by atoms with van der Waals surface area (Å²) in [6, 6.07) is 0. The maximum Gasteiger partial charge on any atom is 0.193 e. The van der Waals surface area contributed by atoms with E-state index in [0.717, 1.165) is 16.9 Å². The van der Waals surface area contributed by atoms with Gasteiger partial charge in [0, 0.05) is 24.0 Å². The molecule has 0 aliphatic rings. The van der Waals surface area contributed by atoms with Gasteiger partial charge in [0.1, 0.15) is 5.69 Å². The summed E-state index contributed by atoms with van der Waals surface area (Å²) in [5.41, 5.74) is 1.41. The molecule has 6 heteroatoms. The number of aldehydes is 1. The van der Waals surface area contributed by atoms with E-state index in [1.165, 1.54) is 0 Å². The average Bonchev–Trinajstić information content (AvgIpc) is 2.92. The smallest absolute Gasteiger partial charge is 0.193 e. The Balaban J connectivity index is 1.88. The first-order valence-electron chi connectivity index (χ1n) is 4.73. The summed E-state index contributed by atoms with van der Waals surface area (Å²) in [6.45, 7) is 0.634. The fraction of sp³-hybridized carbons (Fsp3) is 0.100. The molecule has 0 saturated carbocycles. The summed E-state index contributed by atoms with van der Waals surface area (Å²) < 4.78 is 3.83. The van der Waals surface area contributed by atoms with Gasteiger partial charge in [-0.3, -0.25) is 9.20 Å². The predicted octanol–water partition coefficient (Wildman–Crippen LogP) is 1.45. The lowest BCUT2D eigenvalue weighted by atomic mass is 10.4. The first-order chi connectivity index (χ1) is 7.85. The normalized spacial score (nSPS) is 11.0. The van der Waals surface area contributed by atoms with Crippen LogP contribution in [-0.2, 0) is 6.54 Å². The molecule has 0 unspecified atom stereocenters. The van der Waals surface area contributed by atoms with Crippen LogP contribution >= 0.6 is 11.3 Å². The van der Waals surface area contributed by atoms with Gasteiger partial charge in [0.15, 0.2) is 11.2 Å². The van der Waals surface area contributed by atoms with Gasteiger partial charge in [0.25, 0.3) is 0 Å². The van der Waals surface area contributed by atoms with Crippen LogP contribution in [0.2, 0.25) is 0 Å². The van der Waals surface area contributed by atoms with Crippen LogP contribution in [0.25, 0.3) is 4.96 Å². The molecule has 0 atom stereocenters. The molecule has 0 fully saturated rings. The van der Waals surface area contributed by atoms with E-state index in [0.29, 0.717) is 12.2 Å². The van der Waals surface area contributed by atoms with Crippen molar-refractivity contribution < 1.29 is 4.79 Å². The zero-order valence-corrected chi connectivity index (χ0v) is 9.09. The Morgan fingerprint density at radius 2 is 2.38 bits per heavy atom. The third-order valence-corrected chi connectivity index (χ3v) is 3.03. The first kappa shape index (κ1) is 9.29. The van der Waals surface area contributed by atoms with E-state index in [1.807, 2.05) is 26.7 Å². The van der Waals surface area contributed by atoms with Gasteiger partial charge in [0.05, 0.1) is 18.6 Å². The number of fused-ring (bicyclic) bond motifs is 1. The van der Waals surface area contributed by atoms with Gasteiger partial charge in [-0.05, 0) is 0 Å². The molecule has 3 heterocycles. The number of rotatable bonds is 3. The second-order valence-corrected chi connectivity index (χ2v) is 4.29. The van der Waals surface area contributed by atoms with Gasteiger partial charge in [-0.2, -0.15) is 0 Å². The van der Waals surface area contributed by atoms with Crippen molar-refractivity contribution in [3.05, 3.63) is 41.7 Å². The van der Waals surface area contributed by atoms with Gasteiger partial charge in [0.2, 0.25) is 0 Å². The molecule has 80 valence electrons.